The Hall–Kier alpha value is -2.38. The highest BCUT2D eigenvalue weighted by Gasteiger charge is 2.34. The third-order valence-electron chi connectivity index (χ3n) is 4.77. The summed E-state index contributed by atoms with van der Waals surface area (Å²) in [5.74, 6) is 0.880. The van der Waals surface area contributed by atoms with Crippen molar-refractivity contribution in [2.45, 2.75) is 43.9 Å². The summed E-state index contributed by atoms with van der Waals surface area (Å²) in [4.78, 5) is 4.43. The Balaban J connectivity index is 1.50. The molecule has 2 atom stereocenters. The highest BCUT2D eigenvalue weighted by Crippen LogP contribution is 2.30. The van der Waals surface area contributed by atoms with Crippen LogP contribution in [0, 0.1) is 11.3 Å². The largest absolute Gasteiger partial charge is 0.490 e. The first-order valence-corrected chi connectivity index (χ1v) is 8.19. The van der Waals surface area contributed by atoms with Crippen molar-refractivity contribution in [1.82, 2.24) is 10.3 Å². The molecule has 1 aromatic carbocycles. The van der Waals surface area contributed by atoms with Gasteiger partial charge in [-0.05, 0) is 43.9 Å². The van der Waals surface area contributed by atoms with Crippen molar-refractivity contribution in [1.29, 1.82) is 5.26 Å². The van der Waals surface area contributed by atoms with E-state index in [1.54, 1.807) is 6.20 Å². The van der Waals surface area contributed by atoms with Crippen LogP contribution in [0.2, 0.25) is 0 Å². The Bertz CT molecular complexity index is 723. The van der Waals surface area contributed by atoms with E-state index in [4.69, 9.17) is 10.00 Å². The normalized spacial score (nSPS) is 25.8. The van der Waals surface area contributed by atoms with Crippen LogP contribution >= 0.6 is 0 Å². The number of benzene rings is 1. The van der Waals surface area contributed by atoms with E-state index < -0.39 is 0 Å². The SMILES string of the molecule is N#Cc1ccc(-c2cc(OC3CC4CCC(C3)N4)ccn2)cc1. The molecule has 0 aliphatic carbocycles. The van der Waals surface area contributed by atoms with Gasteiger partial charge in [0.1, 0.15) is 11.9 Å². The average Bonchev–Trinajstić information content (AvgIpc) is 2.94. The molecule has 4 rings (SSSR count). The van der Waals surface area contributed by atoms with E-state index >= 15 is 0 Å². The van der Waals surface area contributed by atoms with Crippen LogP contribution < -0.4 is 10.1 Å². The van der Waals surface area contributed by atoms with Gasteiger partial charge in [-0.3, -0.25) is 4.98 Å². The molecule has 2 aromatic rings. The third kappa shape index (κ3) is 3.06. The zero-order valence-corrected chi connectivity index (χ0v) is 12.9. The summed E-state index contributed by atoms with van der Waals surface area (Å²) in [5.41, 5.74) is 2.54. The molecule has 1 N–H and O–H groups in total. The van der Waals surface area contributed by atoms with Gasteiger partial charge >= 0.3 is 0 Å². The van der Waals surface area contributed by atoms with E-state index in [1.165, 1.54) is 12.8 Å². The second-order valence-electron chi connectivity index (χ2n) is 6.42. The molecule has 4 heteroatoms. The number of hydrogen-bond acceptors (Lipinski definition) is 4. The van der Waals surface area contributed by atoms with Crippen molar-refractivity contribution in [3.8, 4) is 23.1 Å². The number of hydrogen-bond donors (Lipinski definition) is 1. The van der Waals surface area contributed by atoms with Gasteiger partial charge in [0.15, 0.2) is 0 Å². The van der Waals surface area contributed by atoms with Crippen molar-refractivity contribution >= 4 is 0 Å². The zero-order chi connectivity index (χ0) is 15.6. The molecule has 0 saturated carbocycles. The molecule has 2 fully saturated rings. The van der Waals surface area contributed by atoms with Gasteiger partial charge in [-0.2, -0.15) is 5.26 Å². The predicted molar refractivity (Wildman–Crippen MR) is 88.0 cm³/mol. The second-order valence-corrected chi connectivity index (χ2v) is 6.42. The summed E-state index contributed by atoms with van der Waals surface area (Å²) in [6.07, 6.45) is 6.81. The minimum absolute atomic E-state index is 0.296. The maximum absolute atomic E-state index is 8.88. The summed E-state index contributed by atoms with van der Waals surface area (Å²) in [5, 5.41) is 12.5. The number of aromatic nitrogens is 1. The molecule has 1 aromatic heterocycles. The molecule has 2 saturated heterocycles. The third-order valence-corrected chi connectivity index (χ3v) is 4.77. The smallest absolute Gasteiger partial charge is 0.123 e. The fraction of sp³-hybridized carbons (Fsp3) is 0.368. The van der Waals surface area contributed by atoms with Gasteiger partial charge in [-0.25, -0.2) is 0 Å². The summed E-state index contributed by atoms with van der Waals surface area (Å²) in [6.45, 7) is 0. The number of nitrogens with one attached hydrogen (secondary N) is 1. The Morgan fingerprint density at radius 1 is 1.09 bits per heavy atom. The minimum Gasteiger partial charge on any atom is -0.490 e. The molecule has 2 aliphatic heterocycles. The van der Waals surface area contributed by atoms with E-state index in [9.17, 15) is 0 Å². The van der Waals surface area contributed by atoms with E-state index in [1.807, 2.05) is 36.4 Å². The molecule has 0 radical (unpaired) electrons. The fourth-order valence-electron chi connectivity index (χ4n) is 3.65. The maximum Gasteiger partial charge on any atom is 0.123 e. The Morgan fingerprint density at radius 2 is 1.83 bits per heavy atom. The molecule has 2 aliphatic rings. The number of rotatable bonds is 3. The van der Waals surface area contributed by atoms with E-state index in [2.05, 4.69) is 16.4 Å². The number of nitrogens with zero attached hydrogens (tertiary/aromatic N) is 2. The molecular weight excluding hydrogens is 286 g/mol. The van der Waals surface area contributed by atoms with Crippen molar-refractivity contribution in [2.75, 3.05) is 0 Å². The highest BCUT2D eigenvalue weighted by molar-refractivity contribution is 5.61. The summed E-state index contributed by atoms with van der Waals surface area (Å²) < 4.78 is 6.21. The second kappa shape index (κ2) is 6.02. The van der Waals surface area contributed by atoms with Gasteiger partial charge in [-0.15, -0.1) is 0 Å². The zero-order valence-electron chi connectivity index (χ0n) is 12.9. The number of piperidine rings is 1. The van der Waals surface area contributed by atoms with E-state index in [0.717, 1.165) is 29.8 Å². The Kier molecular flexibility index (Phi) is 3.72. The quantitative estimate of drug-likeness (QED) is 0.945. The van der Waals surface area contributed by atoms with Crippen LogP contribution in [-0.2, 0) is 0 Å². The van der Waals surface area contributed by atoms with Crippen molar-refractivity contribution in [3.05, 3.63) is 48.2 Å². The highest BCUT2D eigenvalue weighted by atomic mass is 16.5. The predicted octanol–water partition coefficient (Wildman–Crippen LogP) is 3.28. The summed E-state index contributed by atoms with van der Waals surface area (Å²) in [7, 11) is 0. The first kappa shape index (κ1) is 14.2. The standard InChI is InChI=1S/C19H19N3O/c20-12-13-1-3-14(4-2-13)19-11-17(7-8-21-19)23-18-9-15-5-6-16(10-18)22-15/h1-4,7-8,11,15-16,18,22H,5-6,9-10H2. The van der Waals surface area contributed by atoms with E-state index in [-0.39, 0.29) is 0 Å². The number of ether oxygens (including phenoxy) is 1. The lowest BCUT2D eigenvalue weighted by atomic mass is 10.0. The summed E-state index contributed by atoms with van der Waals surface area (Å²) in [6, 6.07) is 14.8. The van der Waals surface area contributed by atoms with Crippen LogP contribution in [0.5, 0.6) is 5.75 Å². The molecule has 4 nitrogen and oxygen atoms in total. The molecule has 3 heterocycles. The van der Waals surface area contributed by atoms with Crippen molar-refractivity contribution < 1.29 is 4.74 Å². The lowest BCUT2D eigenvalue weighted by Crippen LogP contribution is -2.42. The number of nitriles is 1. The van der Waals surface area contributed by atoms with Gasteiger partial charge in [0.2, 0.25) is 0 Å². The van der Waals surface area contributed by atoms with Crippen molar-refractivity contribution in [2.24, 2.45) is 0 Å². The maximum atomic E-state index is 8.88. The van der Waals surface area contributed by atoms with Gasteiger partial charge < -0.3 is 10.1 Å². The minimum atomic E-state index is 0.296. The molecule has 2 unspecified atom stereocenters. The van der Waals surface area contributed by atoms with Crippen LogP contribution in [0.15, 0.2) is 42.6 Å². The van der Waals surface area contributed by atoms with Gasteiger partial charge in [0, 0.05) is 29.9 Å². The topological polar surface area (TPSA) is 57.9 Å². The van der Waals surface area contributed by atoms with Crippen LogP contribution in [0.1, 0.15) is 31.2 Å². The fourth-order valence-corrected chi connectivity index (χ4v) is 3.65. The monoisotopic (exact) mass is 305 g/mol. The van der Waals surface area contributed by atoms with E-state index in [0.29, 0.717) is 23.8 Å². The van der Waals surface area contributed by atoms with Gasteiger partial charge in [-0.1, -0.05) is 12.1 Å². The molecule has 116 valence electrons. The van der Waals surface area contributed by atoms with Crippen LogP contribution in [-0.4, -0.2) is 23.2 Å². The van der Waals surface area contributed by atoms with Crippen LogP contribution in [0.4, 0.5) is 0 Å². The van der Waals surface area contributed by atoms with Crippen LogP contribution in [0.3, 0.4) is 0 Å². The number of fused-ring (bicyclic) bond motifs is 2. The molecule has 23 heavy (non-hydrogen) atoms. The molecule has 0 spiro atoms. The molecular formula is C19H19N3O. The van der Waals surface area contributed by atoms with Gasteiger partial charge in [0.25, 0.3) is 0 Å². The lowest BCUT2D eigenvalue weighted by Gasteiger charge is -2.29. The Morgan fingerprint density at radius 3 is 2.52 bits per heavy atom. The first-order valence-electron chi connectivity index (χ1n) is 8.19. The first-order chi connectivity index (χ1) is 11.3. The van der Waals surface area contributed by atoms with Gasteiger partial charge in [0.05, 0.1) is 17.3 Å². The molecule has 2 bridgehead atoms. The van der Waals surface area contributed by atoms with Crippen LogP contribution in [0.25, 0.3) is 11.3 Å². The summed E-state index contributed by atoms with van der Waals surface area (Å²) >= 11 is 0. The van der Waals surface area contributed by atoms with Crippen molar-refractivity contribution in [3.63, 3.8) is 0 Å². The molecule has 0 amide bonds. The number of pyridine rings is 1. The Labute approximate surface area is 136 Å². The average molecular weight is 305 g/mol. The lowest BCUT2D eigenvalue weighted by molar-refractivity contribution is 0.137.